The van der Waals surface area contributed by atoms with Gasteiger partial charge in [0.05, 0.1) is 18.4 Å². The van der Waals surface area contributed by atoms with Gasteiger partial charge in [0.1, 0.15) is 5.01 Å². The topological polar surface area (TPSA) is 37.8 Å². The predicted octanol–water partition coefficient (Wildman–Crippen LogP) is 2.91. The van der Waals surface area contributed by atoms with Gasteiger partial charge in [-0.15, -0.1) is 11.3 Å². The number of hydrogen-bond acceptors (Lipinski definition) is 4. The molecule has 3 nitrogen and oxygen atoms in total. The van der Waals surface area contributed by atoms with Crippen LogP contribution in [0.15, 0.2) is 34.5 Å². The zero-order valence-electron chi connectivity index (χ0n) is 7.27. The van der Waals surface area contributed by atoms with Crippen LogP contribution in [0.2, 0.25) is 0 Å². The number of rotatable bonds is 3. The van der Waals surface area contributed by atoms with E-state index in [0.717, 1.165) is 21.7 Å². The number of anilines is 1. The smallest absolute Gasteiger partial charge is 0.112 e. The van der Waals surface area contributed by atoms with Crippen molar-refractivity contribution in [3.05, 3.63) is 39.5 Å². The maximum atomic E-state index is 4.18. The molecule has 0 saturated heterocycles. The molecule has 0 aliphatic rings. The first-order valence-electron chi connectivity index (χ1n) is 4.07. The van der Waals surface area contributed by atoms with Crippen molar-refractivity contribution in [1.82, 2.24) is 9.97 Å². The van der Waals surface area contributed by atoms with E-state index in [1.807, 2.05) is 11.4 Å². The molecular formula is C9H8BrN3S. The van der Waals surface area contributed by atoms with Crippen molar-refractivity contribution in [2.24, 2.45) is 0 Å². The molecule has 0 bridgehead atoms. The number of aromatic nitrogens is 2. The second-order valence-corrected chi connectivity index (χ2v) is 4.57. The van der Waals surface area contributed by atoms with Gasteiger partial charge >= 0.3 is 0 Å². The molecule has 0 fully saturated rings. The second kappa shape index (κ2) is 4.52. The summed E-state index contributed by atoms with van der Waals surface area (Å²) in [6, 6.07) is 1.99. The molecule has 14 heavy (non-hydrogen) atoms. The van der Waals surface area contributed by atoms with Crippen LogP contribution in [0.1, 0.15) is 5.01 Å². The number of halogens is 1. The third kappa shape index (κ3) is 2.52. The number of nitrogens with one attached hydrogen (secondary N) is 1. The van der Waals surface area contributed by atoms with Crippen LogP contribution in [0, 0.1) is 0 Å². The van der Waals surface area contributed by atoms with Gasteiger partial charge in [-0.2, -0.15) is 0 Å². The standard InChI is InChI=1S/C9H8BrN3S/c10-7-3-8(5-11-4-7)13-6-9-12-1-2-14-9/h1-5,13H,6H2. The molecule has 72 valence electrons. The van der Waals surface area contributed by atoms with Crippen molar-refractivity contribution < 1.29 is 0 Å². The zero-order chi connectivity index (χ0) is 9.80. The lowest BCUT2D eigenvalue weighted by molar-refractivity contribution is 1.10. The molecule has 2 aromatic heterocycles. The normalized spacial score (nSPS) is 10.1. The maximum Gasteiger partial charge on any atom is 0.112 e. The molecule has 2 heterocycles. The van der Waals surface area contributed by atoms with Gasteiger partial charge in [0.15, 0.2) is 0 Å². The molecule has 5 heteroatoms. The van der Waals surface area contributed by atoms with E-state index in [-0.39, 0.29) is 0 Å². The van der Waals surface area contributed by atoms with Gasteiger partial charge in [-0.1, -0.05) is 0 Å². The summed E-state index contributed by atoms with van der Waals surface area (Å²) in [5, 5.41) is 6.29. The third-order valence-corrected chi connectivity index (χ3v) is 2.85. The van der Waals surface area contributed by atoms with Gasteiger partial charge in [-0.3, -0.25) is 4.98 Å². The van der Waals surface area contributed by atoms with Gasteiger partial charge in [0, 0.05) is 22.2 Å². The maximum absolute atomic E-state index is 4.18. The van der Waals surface area contributed by atoms with Crippen LogP contribution in [0.3, 0.4) is 0 Å². The first-order valence-corrected chi connectivity index (χ1v) is 5.74. The fourth-order valence-electron chi connectivity index (χ4n) is 1.03. The Hall–Kier alpha value is -0.940. The molecule has 2 rings (SSSR count). The van der Waals surface area contributed by atoms with Crippen molar-refractivity contribution in [2.75, 3.05) is 5.32 Å². The highest BCUT2D eigenvalue weighted by Gasteiger charge is 1.96. The number of hydrogen-bond donors (Lipinski definition) is 1. The zero-order valence-corrected chi connectivity index (χ0v) is 9.68. The van der Waals surface area contributed by atoms with E-state index in [9.17, 15) is 0 Å². The van der Waals surface area contributed by atoms with Crippen LogP contribution in [0.5, 0.6) is 0 Å². The quantitative estimate of drug-likeness (QED) is 0.931. The van der Waals surface area contributed by atoms with Crippen molar-refractivity contribution in [1.29, 1.82) is 0 Å². The Labute approximate surface area is 94.4 Å². The van der Waals surface area contributed by atoms with E-state index in [2.05, 4.69) is 31.2 Å². The summed E-state index contributed by atoms with van der Waals surface area (Å²) in [5.74, 6) is 0. The summed E-state index contributed by atoms with van der Waals surface area (Å²) >= 11 is 5.01. The molecule has 0 aliphatic heterocycles. The number of nitrogens with zero attached hydrogens (tertiary/aromatic N) is 2. The average molecular weight is 270 g/mol. The molecule has 1 N–H and O–H groups in total. The fraction of sp³-hybridized carbons (Fsp3) is 0.111. The van der Waals surface area contributed by atoms with Gasteiger partial charge in [-0.25, -0.2) is 4.98 Å². The largest absolute Gasteiger partial charge is 0.377 e. The van der Waals surface area contributed by atoms with Gasteiger partial charge in [0.2, 0.25) is 0 Å². The summed E-state index contributed by atoms with van der Waals surface area (Å²) < 4.78 is 0.974. The lowest BCUT2D eigenvalue weighted by atomic mass is 10.4. The molecule has 0 amide bonds. The first kappa shape index (κ1) is 9.61. The summed E-state index contributed by atoms with van der Waals surface area (Å²) in [7, 11) is 0. The molecule has 0 saturated carbocycles. The Kier molecular flexibility index (Phi) is 3.10. The van der Waals surface area contributed by atoms with E-state index in [1.165, 1.54) is 0 Å². The van der Waals surface area contributed by atoms with Crippen molar-refractivity contribution in [3.8, 4) is 0 Å². The SMILES string of the molecule is Brc1cncc(NCc2nccs2)c1. The van der Waals surface area contributed by atoms with Crippen LogP contribution in [0.25, 0.3) is 0 Å². The lowest BCUT2D eigenvalue weighted by Gasteiger charge is -2.03. The monoisotopic (exact) mass is 269 g/mol. The Morgan fingerprint density at radius 3 is 3.07 bits per heavy atom. The van der Waals surface area contributed by atoms with Crippen molar-refractivity contribution in [3.63, 3.8) is 0 Å². The lowest BCUT2D eigenvalue weighted by Crippen LogP contribution is -1.98. The Morgan fingerprint density at radius 2 is 2.36 bits per heavy atom. The van der Waals surface area contributed by atoms with Gasteiger partial charge < -0.3 is 5.32 Å². The Balaban J connectivity index is 1.98. The van der Waals surface area contributed by atoms with Crippen LogP contribution in [-0.4, -0.2) is 9.97 Å². The predicted molar refractivity (Wildman–Crippen MR) is 61.4 cm³/mol. The molecule has 0 aromatic carbocycles. The molecule has 0 unspecified atom stereocenters. The Morgan fingerprint density at radius 1 is 1.43 bits per heavy atom. The fourth-order valence-corrected chi connectivity index (χ4v) is 1.95. The molecule has 0 radical (unpaired) electrons. The summed E-state index contributed by atoms with van der Waals surface area (Å²) in [4.78, 5) is 8.24. The minimum absolute atomic E-state index is 0.746. The molecule has 0 spiro atoms. The number of pyridine rings is 1. The van der Waals surface area contributed by atoms with Crippen LogP contribution >= 0.6 is 27.3 Å². The average Bonchev–Trinajstić information content (AvgIpc) is 2.67. The van der Waals surface area contributed by atoms with Crippen molar-refractivity contribution >= 4 is 33.0 Å². The van der Waals surface area contributed by atoms with E-state index in [1.54, 1.807) is 29.9 Å². The minimum atomic E-state index is 0.746. The number of thiazole rings is 1. The molecule has 0 aliphatic carbocycles. The van der Waals surface area contributed by atoms with Gasteiger partial charge in [0.25, 0.3) is 0 Å². The molecular weight excluding hydrogens is 262 g/mol. The summed E-state index contributed by atoms with van der Waals surface area (Å²) in [5.41, 5.74) is 0.995. The van der Waals surface area contributed by atoms with E-state index in [4.69, 9.17) is 0 Å². The highest BCUT2D eigenvalue weighted by atomic mass is 79.9. The Bertz CT molecular complexity index is 402. The third-order valence-electron chi connectivity index (χ3n) is 1.63. The molecule has 2 aromatic rings. The van der Waals surface area contributed by atoms with E-state index < -0.39 is 0 Å². The van der Waals surface area contributed by atoms with Crippen LogP contribution in [0.4, 0.5) is 5.69 Å². The van der Waals surface area contributed by atoms with E-state index >= 15 is 0 Å². The highest BCUT2D eigenvalue weighted by molar-refractivity contribution is 9.10. The van der Waals surface area contributed by atoms with Crippen LogP contribution < -0.4 is 5.32 Å². The van der Waals surface area contributed by atoms with Crippen molar-refractivity contribution in [2.45, 2.75) is 6.54 Å². The highest BCUT2D eigenvalue weighted by Crippen LogP contribution is 2.14. The molecule has 0 atom stereocenters. The summed E-state index contributed by atoms with van der Waals surface area (Å²) in [6.45, 7) is 0.746. The second-order valence-electron chi connectivity index (χ2n) is 2.67. The summed E-state index contributed by atoms with van der Waals surface area (Å²) in [6.07, 6.45) is 5.35. The first-order chi connectivity index (χ1) is 6.84. The minimum Gasteiger partial charge on any atom is -0.377 e. The van der Waals surface area contributed by atoms with Crippen LogP contribution in [-0.2, 0) is 6.54 Å². The van der Waals surface area contributed by atoms with Gasteiger partial charge in [-0.05, 0) is 22.0 Å². The van der Waals surface area contributed by atoms with E-state index in [0.29, 0.717) is 0 Å².